The molecule has 0 radical (unpaired) electrons. The van der Waals surface area contributed by atoms with Crippen LogP contribution in [0.3, 0.4) is 0 Å². The van der Waals surface area contributed by atoms with Gasteiger partial charge in [0.2, 0.25) is 0 Å². The maximum atomic E-state index is 12.3. The molecule has 0 fully saturated rings. The molecule has 0 aliphatic heterocycles. The molecule has 0 unspecified atom stereocenters. The van der Waals surface area contributed by atoms with Gasteiger partial charge in [-0.25, -0.2) is 0 Å². The molecule has 0 atom stereocenters. The number of ketones is 2. The molecule has 0 amide bonds. The Morgan fingerprint density at radius 3 is 1.30 bits per heavy atom. The van der Waals surface area contributed by atoms with Crippen molar-refractivity contribution in [2.75, 3.05) is 0 Å². The number of hydrogen-bond acceptors (Lipinski definition) is 2. The Morgan fingerprint density at radius 2 is 0.967 bits per heavy atom. The van der Waals surface area contributed by atoms with E-state index in [4.69, 9.17) is 0 Å². The van der Waals surface area contributed by atoms with Crippen LogP contribution in [0.2, 0.25) is 0 Å². The van der Waals surface area contributed by atoms with Gasteiger partial charge in [-0.3, -0.25) is 0 Å². The Labute approximate surface area is 197 Å². The van der Waals surface area contributed by atoms with Gasteiger partial charge in [0.05, 0.1) is 0 Å². The molecule has 0 aromatic heterocycles. The summed E-state index contributed by atoms with van der Waals surface area (Å²) in [4.78, 5) is 24.5. The first-order chi connectivity index (χ1) is 14.0. The molecule has 4 heteroatoms. The summed E-state index contributed by atoms with van der Waals surface area (Å²) < 4.78 is 2.79. The zero-order valence-corrected chi connectivity index (χ0v) is 23.2. The second-order valence-corrected chi connectivity index (χ2v) is 19.0. The Morgan fingerprint density at radius 1 is 0.633 bits per heavy atom. The van der Waals surface area contributed by atoms with E-state index < -0.39 is 0 Å². The molecule has 0 heterocycles. The molecule has 2 nitrogen and oxygen atoms in total. The third-order valence-corrected chi connectivity index (χ3v) is 16.2. The molecular weight excluding hydrogens is 599 g/mol. The van der Waals surface area contributed by atoms with Crippen LogP contribution in [0.5, 0.6) is 0 Å². The molecule has 2 rings (SSSR count). The first-order valence-electron chi connectivity index (χ1n) is 9.96. The Kier molecular flexibility index (Phi) is 9.14. The Bertz CT molecular complexity index is 878. The number of carbonyl (C=O) groups is 2. The molecule has 0 saturated carbocycles. The Balaban J connectivity index is 2.18. The molecule has 158 valence electrons. The van der Waals surface area contributed by atoms with Crippen LogP contribution in [-0.4, -0.2) is 45.7 Å². The van der Waals surface area contributed by atoms with Crippen LogP contribution in [0, 0.1) is 10.8 Å². The molecule has 0 bridgehead atoms. The summed E-state index contributed by atoms with van der Waals surface area (Å²) in [5.41, 5.74) is 1.62. The molecule has 2 aromatic carbocycles. The van der Waals surface area contributed by atoms with Crippen LogP contribution >= 0.6 is 0 Å². The van der Waals surface area contributed by atoms with Crippen molar-refractivity contribution >= 4 is 65.1 Å². The predicted octanol–water partition coefficient (Wildman–Crippen LogP) is 4.22. The number of allylic oxidation sites excluding steroid dienone is 2. The first kappa shape index (κ1) is 25.1. The van der Waals surface area contributed by atoms with E-state index in [0.29, 0.717) is 0 Å². The van der Waals surface area contributed by atoms with E-state index in [9.17, 15) is 9.59 Å². The number of hydrogen-bond donors (Lipinski definition) is 0. The van der Waals surface area contributed by atoms with E-state index in [1.165, 1.54) is 18.3 Å². The van der Waals surface area contributed by atoms with Crippen molar-refractivity contribution in [2.45, 2.75) is 41.5 Å². The molecule has 0 aliphatic carbocycles. The van der Waals surface area contributed by atoms with Crippen LogP contribution in [-0.2, 0) is 9.59 Å². The van der Waals surface area contributed by atoms with Gasteiger partial charge in [-0.1, -0.05) is 0 Å². The van der Waals surface area contributed by atoms with Gasteiger partial charge in [0.15, 0.2) is 0 Å². The van der Waals surface area contributed by atoms with Crippen molar-refractivity contribution in [3.8, 4) is 0 Å². The van der Waals surface area contributed by atoms with E-state index in [1.807, 2.05) is 65.8 Å². The summed E-state index contributed by atoms with van der Waals surface area (Å²) in [7, 11) is 0. The van der Waals surface area contributed by atoms with Gasteiger partial charge in [0, 0.05) is 0 Å². The maximum absolute atomic E-state index is 12.3. The minimum atomic E-state index is -0.362. The van der Waals surface area contributed by atoms with Crippen molar-refractivity contribution in [3.05, 3.63) is 71.8 Å². The van der Waals surface area contributed by atoms with Gasteiger partial charge in [-0.15, -0.1) is 0 Å². The monoisotopic (exact) mass is 634 g/mol. The average molecular weight is 630 g/mol. The third kappa shape index (κ3) is 7.83. The van der Waals surface area contributed by atoms with Crippen LogP contribution in [0.1, 0.15) is 52.7 Å². The average Bonchev–Trinajstić information content (AvgIpc) is 2.68. The van der Waals surface area contributed by atoms with Gasteiger partial charge in [-0.05, 0) is 0 Å². The van der Waals surface area contributed by atoms with E-state index in [1.54, 1.807) is 12.2 Å². The topological polar surface area (TPSA) is 34.1 Å². The normalized spacial score (nSPS) is 12.6. The zero-order valence-electron chi connectivity index (χ0n) is 18.6. The summed E-state index contributed by atoms with van der Waals surface area (Å²) in [6.07, 6.45) is 7.41. The van der Waals surface area contributed by atoms with E-state index >= 15 is 0 Å². The van der Waals surface area contributed by atoms with Gasteiger partial charge >= 0.3 is 199 Å². The van der Waals surface area contributed by atoms with E-state index in [0.717, 1.165) is 0 Å². The fraction of sp³-hybridized carbons (Fsp3) is 0.308. The molecule has 0 spiro atoms. The van der Waals surface area contributed by atoms with Gasteiger partial charge in [0.1, 0.15) is 0 Å². The second kappa shape index (κ2) is 10.9. The fourth-order valence-electron chi connectivity index (χ4n) is 2.31. The molecule has 0 N–H and O–H groups in total. The number of carbonyl (C=O) groups excluding carboxylic acids is 2. The van der Waals surface area contributed by atoms with Crippen molar-refractivity contribution in [1.29, 1.82) is 0 Å². The number of benzene rings is 2. The molecule has 0 saturated heterocycles. The van der Waals surface area contributed by atoms with E-state index in [-0.39, 0.29) is 56.5 Å². The standard InChI is InChI=1S/C26H30O2Te2/c1-25(2,3)23(27)17-15-19-11-7-9-13-21(19)29-30-22-14-10-8-12-20(22)16-18-24(28)26(4,5)6/h7-18H,1-6H3/b17-15+,18-16+. The van der Waals surface area contributed by atoms with Crippen LogP contribution in [0.25, 0.3) is 12.2 Å². The summed E-state index contributed by atoms with van der Waals surface area (Å²) in [5, 5.41) is 0. The summed E-state index contributed by atoms with van der Waals surface area (Å²) in [6, 6.07) is 16.9. The second-order valence-electron chi connectivity index (χ2n) is 9.14. The molecule has 0 aliphatic rings. The quantitative estimate of drug-likeness (QED) is 0.340. The summed E-state index contributed by atoms with van der Waals surface area (Å²) in [6.45, 7) is 11.7. The van der Waals surface area contributed by atoms with Gasteiger partial charge in [0.25, 0.3) is 0 Å². The summed E-state index contributed by atoms with van der Waals surface area (Å²) in [5.74, 6) is 0.293. The number of rotatable bonds is 7. The van der Waals surface area contributed by atoms with Crippen molar-refractivity contribution < 1.29 is 9.59 Å². The third-order valence-electron chi connectivity index (χ3n) is 4.37. The SMILES string of the molecule is CC(C)(C)C(=O)/C=C/c1ccccc1[Te][Te]c1ccccc1/C=C/C(=O)C(C)(C)C. The van der Waals surface area contributed by atoms with Gasteiger partial charge < -0.3 is 0 Å². The van der Waals surface area contributed by atoms with E-state index in [2.05, 4.69) is 36.4 Å². The first-order valence-corrected chi connectivity index (χ1v) is 19.6. The molecule has 30 heavy (non-hydrogen) atoms. The van der Waals surface area contributed by atoms with Crippen molar-refractivity contribution in [2.24, 2.45) is 10.8 Å². The van der Waals surface area contributed by atoms with Crippen LogP contribution in [0.4, 0.5) is 0 Å². The van der Waals surface area contributed by atoms with Crippen LogP contribution in [0.15, 0.2) is 60.7 Å². The van der Waals surface area contributed by atoms with Crippen molar-refractivity contribution in [1.82, 2.24) is 0 Å². The Hall–Kier alpha value is -1.16. The fourth-order valence-corrected chi connectivity index (χ4v) is 14.2. The minimum absolute atomic E-state index is 0.147. The molecular formula is C26H30O2Te2. The van der Waals surface area contributed by atoms with Crippen LogP contribution < -0.4 is 7.22 Å². The van der Waals surface area contributed by atoms with Crippen molar-refractivity contribution in [3.63, 3.8) is 0 Å². The van der Waals surface area contributed by atoms with Gasteiger partial charge in [-0.2, -0.15) is 0 Å². The zero-order chi connectivity index (χ0) is 22.4. The summed E-state index contributed by atoms with van der Waals surface area (Å²) >= 11 is -0.723. The predicted molar refractivity (Wildman–Crippen MR) is 131 cm³/mol. The molecule has 2 aromatic rings.